The molecule has 0 aromatic carbocycles. The van der Waals surface area contributed by atoms with Crippen molar-refractivity contribution in [1.82, 2.24) is 0 Å². The van der Waals surface area contributed by atoms with Crippen LogP contribution in [-0.2, 0) is 0 Å². The number of hydrogen-bond donors (Lipinski definition) is 1. The summed E-state index contributed by atoms with van der Waals surface area (Å²) in [6.45, 7) is 12.7. The van der Waals surface area contributed by atoms with Crippen LogP contribution in [0, 0.1) is 5.92 Å². The van der Waals surface area contributed by atoms with E-state index in [1.807, 2.05) is 13.8 Å². The monoisotopic (exact) mass is 227 g/mol. The Hall–Kier alpha value is -0.300. The van der Waals surface area contributed by atoms with Gasteiger partial charge in [-0.1, -0.05) is 52.7 Å². The van der Waals surface area contributed by atoms with E-state index in [9.17, 15) is 0 Å². The highest BCUT2D eigenvalue weighted by atomic mass is 14.7. The Labute approximate surface area is 104 Å². The Morgan fingerprint density at radius 2 is 1.81 bits per heavy atom. The van der Waals surface area contributed by atoms with Gasteiger partial charge in [0.05, 0.1) is 0 Å². The van der Waals surface area contributed by atoms with Crippen molar-refractivity contribution in [3.63, 3.8) is 0 Å². The molecule has 98 valence electrons. The van der Waals surface area contributed by atoms with Gasteiger partial charge in [0, 0.05) is 5.54 Å². The van der Waals surface area contributed by atoms with Gasteiger partial charge < -0.3 is 5.73 Å². The quantitative estimate of drug-likeness (QED) is 0.614. The van der Waals surface area contributed by atoms with Crippen molar-refractivity contribution in [2.75, 3.05) is 0 Å². The van der Waals surface area contributed by atoms with Crippen LogP contribution < -0.4 is 5.73 Å². The van der Waals surface area contributed by atoms with Crippen LogP contribution >= 0.6 is 0 Å². The molecule has 0 saturated heterocycles. The Bertz CT molecular complexity index is 159. The lowest BCUT2D eigenvalue weighted by Gasteiger charge is -2.25. The molecule has 0 spiro atoms. The Balaban J connectivity index is 0. The zero-order chi connectivity index (χ0) is 13.0. The second kappa shape index (κ2) is 11.2. The first-order chi connectivity index (χ1) is 7.52. The van der Waals surface area contributed by atoms with Crippen molar-refractivity contribution in [3.8, 4) is 0 Å². The lowest BCUT2D eigenvalue weighted by atomic mass is 9.88. The molecule has 0 rings (SSSR count). The largest absolute Gasteiger partial charge is 0.325 e. The third kappa shape index (κ3) is 11.8. The third-order valence-corrected chi connectivity index (χ3v) is 2.79. The number of allylic oxidation sites excluding steroid dienone is 2. The zero-order valence-electron chi connectivity index (χ0n) is 12.3. The van der Waals surface area contributed by atoms with Crippen LogP contribution in [0.2, 0.25) is 0 Å². The van der Waals surface area contributed by atoms with E-state index in [0.29, 0.717) is 5.92 Å². The molecule has 0 aromatic heterocycles. The van der Waals surface area contributed by atoms with Crippen LogP contribution in [0.25, 0.3) is 0 Å². The Morgan fingerprint density at radius 3 is 2.25 bits per heavy atom. The van der Waals surface area contributed by atoms with E-state index >= 15 is 0 Å². The minimum Gasteiger partial charge on any atom is -0.325 e. The van der Waals surface area contributed by atoms with Crippen LogP contribution in [0.5, 0.6) is 0 Å². The predicted octanol–water partition coefficient (Wildman–Crippen LogP) is 4.91. The maximum Gasteiger partial charge on any atom is 0.0126 e. The van der Waals surface area contributed by atoms with Crippen molar-refractivity contribution in [2.24, 2.45) is 11.7 Å². The molecule has 1 heteroatoms. The fourth-order valence-corrected chi connectivity index (χ4v) is 1.69. The molecule has 0 saturated carbocycles. The molecule has 0 amide bonds. The molecular formula is C15H33N. The summed E-state index contributed by atoms with van der Waals surface area (Å²) in [4.78, 5) is 0. The van der Waals surface area contributed by atoms with Crippen LogP contribution in [0.1, 0.15) is 73.6 Å². The van der Waals surface area contributed by atoms with Gasteiger partial charge in [0.25, 0.3) is 0 Å². The van der Waals surface area contributed by atoms with Gasteiger partial charge in [0.1, 0.15) is 0 Å². The lowest BCUT2D eigenvalue weighted by molar-refractivity contribution is 0.361. The van der Waals surface area contributed by atoms with Crippen molar-refractivity contribution in [3.05, 3.63) is 12.2 Å². The van der Waals surface area contributed by atoms with Crippen molar-refractivity contribution >= 4 is 0 Å². The second-order valence-corrected chi connectivity index (χ2v) is 4.80. The van der Waals surface area contributed by atoms with E-state index < -0.39 is 0 Å². The molecule has 0 aliphatic rings. The minimum atomic E-state index is 0.0475. The van der Waals surface area contributed by atoms with Crippen LogP contribution in [0.3, 0.4) is 0 Å². The highest BCUT2D eigenvalue weighted by Crippen LogP contribution is 2.20. The maximum atomic E-state index is 6.22. The highest BCUT2D eigenvalue weighted by Gasteiger charge is 2.17. The summed E-state index contributed by atoms with van der Waals surface area (Å²) in [6.07, 6.45) is 10.4. The summed E-state index contributed by atoms with van der Waals surface area (Å²) in [6, 6.07) is 0. The summed E-state index contributed by atoms with van der Waals surface area (Å²) < 4.78 is 0. The highest BCUT2D eigenvalue weighted by molar-refractivity contribution is 4.86. The molecule has 1 nitrogen and oxygen atoms in total. The number of hydrogen-bond acceptors (Lipinski definition) is 1. The third-order valence-electron chi connectivity index (χ3n) is 2.79. The molecule has 0 heterocycles. The standard InChI is InChI=1S/C13H27N.C2H6/c1-5-7-10-13(4,14)11-9-12(3)8-6-2;1-2/h6,8,12H,5,7,9-11,14H2,1-4H3;1-2H3/b8-6+;. The molecule has 2 atom stereocenters. The van der Waals surface area contributed by atoms with Gasteiger partial charge in [-0.25, -0.2) is 0 Å². The fraction of sp³-hybridized carbons (Fsp3) is 0.867. The van der Waals surface area contributed by atoms with E-state index in [1.54, 1.807) is 0 Å². The summed E-state index contributed by atoms with van der Waals surface area (Å²) in [5.74, 6) is 0.671. The van der Waals surface area contributed by atoms with Crippen LogP contribution in [0.4, 0.5) is 0 Å². The normalized spacial score (nSPS) is 16.4. The Kier molecular flexibility index (Phi) is 12.6. The minimum absolute atomic E-state index is 0.0475. The Morgan fingerprint density at radius 1 is 1.25 bits per heavy atom. The number of nitrogens with two attached hydrogens (primary N) is 1. The van der Waals surface area contributed by atoms with E-state index in [-0.39, 0.29) is 5.54 Å². The first-order valence-corrected chi connectivity index (χ1v) is 6.93. The smallest absolute Gasteiger partial charge is 0.0126 e. The number of unbranched alkanes of at least 4 members (excludes halogenated alkanes) is 1. The van der Waals surface area contributed by atoms with E-state index in [4.69, 9.17) is 5.73 Å². The zero-order valence-corrected chi connectivity index (χ0v) is 12.3. The van der Waals surface area contributed by atoms with Crippen molar-refractivity contribution in [2.45, 2.75) is 79.2 Å². The lowest BCUT2D eigenvalue weighted by Crippen LogP contribution is -2.36. The molecule has 0 radical (unpaired) electrons. The number of rotatable bonds is 7. The molecule has 2 N–H and O–H groups in total. The van der Waals surface area contributed by atoms with Crippen LogP contribution in [-0.4, -0.2) is 5.54 Å². The first kappa shape index (κ1) is 18.1. The molecular weight excluding hydrogens is 194 g/mol. The van der Waals surface area contributed by atoms with E-state index in [2.05, 4.69) is 39.8 Å². The molecule has 0 bridgehead atoms. The summed E-state index contributed by atoms with van der Waals surface area (Å²) >= 11 is 0. The van der Waals surface area contributed by atoms with Crippen molar-refractivity contribution < 1.29 is 0 Å². The van der Waals surface area contributed by atoms with E-state index in [0.717, 1.165) is 12.8 Å². The summed E-state index contributed by atoms with van der Waals surface area (Å²) in [5.41, 5.74) is 6.27. The predicted molar refractivity (Wildman–Crippen MR) is 76.7 cm³/mol. The fourth-order valence-electron chi connectivity index (χ4n) is 1.69. The van der Waals surface area contributed by atoms with Crippen LogP contribution in [0.15, 0.2) is 12.2 Å². The molecule has 16 heavy (non-hydrogen) atoms. The molecule has 0 aromatic rings. The second-order valence-electron chi connectivity index (χ2n) is 4.80. The first-order valence-electron chi connectivity index (χ1n) is 6.93. The van der Waals surface area contributed by atoms with Gasteiger partial charge in [-0.05, 0) is 39.0 Å². The van der Waals surface area contributed by atoms with Gasteiger partial charge >= 0.3 is 0 Å². The summed E-state index contributed by atoms with van der Waals surface area (Å²) in [7, 11) is 0. The van der Waals surface area contributed by atoms with Gasteiger partial charge in [0.15, 0.2) is 0 Å². The summed E-state index contributed by atoms with van der Waals surface area (Å²) in [5, 5.41) is 0. The van der Waals surface area contributed by atoms with Gasteiger partial charge in [-0.2, -0.15) is 0 Å². The average Bonchev–Trinajstić information content (AvgIpc) is 2.27. The van der Waals surface area contributed by atoms with E-state index in [1.165, 1.54) is 19.3 Å². The average molecular weight is 227 g/mol. The molecule has 0 aliphatic carbocycles. The molecule has 0 fully saturated rings. The van der Waals surface area contributed by atoms with Gasteiger partial charge in [-0.3, -0.25) is 0 Å². The topological polar surface area (TPSA) is 26.0 Å². The SMILES string of the molecule is C/C=C/C(C)CCC(C)(N)CCCC.CC. The van der Waals surface area contributed by atoms with Gasteiger partial charge in [0.2, 0.25) is 0 Å². The molecule has 2 unspecified atom stereocenters. The molecule has 0 aliphatic heterocycles. The van der Waals surface area contributed by atoms with Crippen molar-refractivity contribution in [1.29, 1.82) is 0 Å². The van der Waals surface area contributed by atoms with Gasteiger partial charge in [-0.15, -0.1) is 0 Å². The maximum absolute atomic E-state index is 6.22.